The zero-order valence-electron chi connectivity index (χ0n) is 11.2. The van der Waals surface area contributed by atoms with Crippen LogP contribution in [0.3, 0.4) is 0 Å². The van der Waals surface area contributed by atoms with Gasteiger partial charge in [-0.1, -0.05) is 51.8 Å². The predicted octanol–water partition coefficient (Wildman–Crippen LogP) is 4.08. The third-order valence-electron chi connectivity index (χ3n) is 2.79. The van der Waals surface area contributed by atoms with Crippen LogP contribution in [0.1, 0.15) is 45.6 Å². The van der Waals surface area contributed by atoms with Crippen LogP contribution in [-0.2, 0) is 5.41 Å². The molecule has 18 heavy (non-hydrogen) atoms. The van der Waals surface area contributed by atoms with Crippen LogP contribution >= 0.6 is 0 Å². The predicted molar refractivity (Wildman–Crippen MR) is 71.3 cm³/mol. The second-order valence-electron chi connectivity index (χ2n) is 4.79. The van der Waals surface area contributed by atoms with Crippen molar-refractivity contribution in [3.63, 3.8) is 0 Å². The van der Waals surface area contributed by atoms with Gasteiger partial charge in [0.2, 0.25) is 0 Å². The maximum absolute atomic E-state index is 9.75. The second-order valence-corrected chi connectivity index (χ2v) is 4.79. The van der Waals surface area contributed by atoms with Gasteiger partial charge in [-0.3, -0.25) is 0 Å². The number of benzene rings is 1. The fourth-order valence-electron chi connectivity index (χ4n) is 1.80. The van der Waals surface area contributed by atoms with E-state index in [0.717, 1.165) is 12.0 Å². The molecule has 0 unspecified atom stereocenters. The van der Waals surface area contributed by atoms with Gasteiger partial charge in [0.25, 0.3) is 0 Å². The lowest BCUT2D eigenvalue weighted by atomic mass is 9.80. The first-order valence-electron chi connectivity index (χ1n) is 6.01. The highest BCUT2D eigenvalue weighted by molar-refractivity contribution is 5.53. The molecule has 0 fully saturated rings. The van der Waals surface area contributed by atoms with Crippen LogP contribution in [0.15, 0.2) is 24.3 Å². The summed E-state index contributed by atoms with van der Waals surface area (Å²) in [5.74, 6) is 0.425. The molecule has 3 N–H and O–H groups in total. The van der Waals surface area contributed by atoms with E-state index < -0.39 is 6.16 Å². The van der Waals surface area contributed by atoms with Crippen molar-refractivity contribution in [3.8, 4) is 5.75 Å². The van der Waals surface area contributed by atoms with Crippen molar-refractivity contribution >= 4 is 6.16 Å². The van der Waals surface area contributed by atoms with Gasteiger partial charge >= 0.3 is 6.16 Å². The van der Waals surface area contributed by atoms with Crippen molar-refractivity contribution in [3.05, 3.63) is 29.8 Å². The lowest BCUT2D eigenvalue weighted by molar-refractivity contribution is 0.137. The smallest absolute Gasteiger partial charge is 0.503 e. The molecule has 0 atom stereocenters. The molecule has 0 saturated carbocycles. The van der Waals surface area contributed by atoms with Gasteiger partial charge in [0.1, 0.15) is 5.75 Å². The number of unbranched alkanes of at least 4 members (excludes halogenated alkanes) is 1. The summed E-state index contributed by atoms with van der Waals surface area (Å²) < 4.78 is 0. The minimum absolute atomic E-state index is 0.0847. The van der Waals surface area contributed by atoms with E-state index in [1.165, 1.54) is 12.8 Å². The van der Waals surface area contributed by atoms with Gasteiger partial charge in [0, 0.05) is 0 Å². The largest absolute Gasteiger partial charge is 0.508 e. The topological polar surface area (TPSA) is 77.8 Å². The molecule has 4 heteroatoms. The molecule has 102 valence electrons. The van der Waals surface area contributed by atoms with E-state index in [2.05, 4.69) is 20.8 Å². The minimum atomic E-state index is -1.83. The number of carboxylic acid groups (broad SMARTS) is 2. The number of aromatic hydroxyl groups is 1. The Hall–Kier alpha value is -1.71. The number of phenolic OH excluding ortho intramolecular Hbond substituents is 1. The maximum Gasteiger partial charge on any atom is 0.503 e. The number of para-hydroxylation sites is 1. The normalized spacial score (nSPS) is 10.4. The first-order valence-corrected chi connectivity index (χ1v) is 6.01. The molecular weight excluding hydrogens is 232 g/mol. The quantitative estimate of drug-likeness (QED) is 0.756. The summed E-state index contributed by atoms with van der Waals surface area (Å²) in [5, 5.41) is 23.7. The molecule has 0 aliphatic carbocycles. The van der Waals surface area contributed by atoms with Gasteiger partial charge in [-0.25, -0.2) is 4.79 Å². The van der Waals surface area contributed by atoms with Gasteiger partial charge in [0.05, 0.1) is 0 Å². The molecular formula is C14H22O4. The molecule has 0 spiro atoms. The standard InChI is InChI=1S/C13H20O.CH2O3/c1-4-5-10-13(2,3)11-8-6-7-9-12(11)14;2-1(3)4/h6-9,14H,4-5,10H2,1-3H3;(H2,2,3,4). The fraction of sp³-hybridized carbons (Fsp3) is 0.500. The Balaban J connectivity index is 0.000000631. The summed E-state index contributed by atoms with van der Waals surface area (Å²) in [6.45, 7) is 6.58. The summed E-state index contributed by atoms with van der Waals surface area (Å²) in [4.78, 5) is 8.56. The van der Waals surface area contributed by atoms with Crippen LogP contribution in [0.4, 0.5) is 4.79 Å². The third kappa shape index (κ3) is 6.13. The minimum Gasteiger partial charge on any atom is -0.508 e. The lowest BCUT2D eigenvalue weighted by Gasteiger charge is -2.25. The van der Waals surface area contributed by atoms with Gasteiger partial charge in [0.15, 0.2) is 0 Å². The van der Waals surface area contributed by atoms with E-state index in [0.29, 0.717) is 5.75 Å². The van der Waals surface area contributed by atoms with Crippen molar-refractivity contribution in [1.29, 1.82) is 0 Å². The van der Waals surface area contributed by atoms with E-state index in [9.17, 15) is 5.11 Å². The molecule has 1 rings (SSSR count). The Labute approximate surface area is 108 Å². The van der Waals surface area contributed by atoms with Gasteiger partial charge in [-0.15, -0.1) is 0 Å². The maximum atomic E-state index is 9.75. The van der Waals surface area contributed by atoms with Crippen LogP contribution < -0.4 is 0 Å². The molecule has 0 heterocycles. The molecule has 0 aliphatic rings. The average Bonchev–Trinajstić information content (AvgIpc) is 2.26. The van der Waals surface area contributed by atoms with E-state index >= 15 is 0 Å². The van der Waals surface area contributed by atoms with Crippen LogP contribution in [-0.4, -0.2) is 21.5 Å². The Morgan fingerprint density at radius 2 is 1.72 bits per heavy atom. The molecule has 0 bridgehead atoms. The van der Waals surface area contributed by atoms with Crippen LogP contribution in [0.5, 0.6) is 5.75 Å². The number of phenols is 1. The lowest BCUT2D eigenvalue weighted by Crippen LogP contribution is -2.16. The average molecular weight is 254 g/mol. The van der Waals surface area contributed by atoms with Gasteiger partial charge in [-0.05, 0) is 23.5 Å². The van der Waals surface area contributed by atoms with Crippen molar-refractivity contribution in [2.75, 3.05) is 0 Å². The zero-order valence-corrected chi connectivity index (χ0v) is 11.2. The van der Waals surface area contributed by atoms with Crippen molar-refractivity contribution in [2.24, 2.45) is 0 Å². The third-order valence-corrected chi connectivity index (χ3v) is 2.79. The van der Waals surface area contributed by atoms with E-state index in [-0.39, 0.29) is 5.41 Å². The first-order chi connectivity index (χ1) is 8.31. The van der Waals surface area contributed by atoms with Crippen molar-refractivity contribution < 1.29 is 20.1 Å². The summed E-state index contributed by atoms with van der Waals surface area (Å²) in [6.07, 6.45) is 1.71. The monoisotopic (exact) mass is 254 g/mol. The Morgan fingerprint density at radius 1 is 1.22 bits per heavy atom. The van der Waals surface area contributed by atoms with Crippen LogP contribution in [0.2, 0.25) is 0 Å². The summed E-state index contributed by atoms with van der Waals surface area (Å²) in [7, 11) is 0. The molecule has 4 nitrogen and oxygen atoms in total. The highest BCUT2D eigenvalue weighted by atomic mass is 16.6. The Kier molecular flexibility index (Phi) is 6.86. The van der Waals surface area contributed by atoms with Crippen molar-refractivity contribution in [2.45, 2.75) is 45.4 Å². The van der Waals surface area contributed by atoms with Crippen molar-refractivity contribution in [1.82, 2.24) is 0 Å². The summed E-state index contributed by atoms with van der Waals surface area (Å²) in [5.41, 5.74) is 1.15. The number of hydrogen-bond donors (Lipinski definition) is 3. The molecule has 0 aromatic heterocycles. The number of rotatable bonds is 4. The zero-order chi connectivity index (χ0) is 14.2. The Bertz CT molecular complexity index is 368. The SMILES string of the molecule is CCCCC(C)(C)c1ccccc1O.O=C(O)O. The molecule has 1 aromatic carbocycles. The van der Waals surface area contributed by atoms with Crippen LogP contribution in [0.25, 0.3) is 0 Å². The highest BCUT2D eigenvalue weighted by Crippen LogP contribution is 2.34. The molecule has 0 aliphatic heterocycles. The highest BCUT2D eigenvalue weighted by Gasteiger charge is 2.22. The molecule has 1 aromatic rings. The summed E-state index contributed by atoms with van der Waals surface area (Å²) >= 11 is 0. The number of carbonyl (C=O) groups is 1. The molecule has 0 saturated heterocycles. The second kappa shape index (κ2) is 7.58. The van der Waals surface area contributed by atoms with Gasteiger partial charge in [-0.2, -0.15) is 0 Å². The van der Waals surface area contributed by atoms with E-state index in [1.807, 2.05) is 18.2 Å². The first kappa shape index (κ1) is 16.3. The van der Waals surface area contributed by atoms with Crippen LogP contribution in [0, 0.1) is 0 Å². The van der Waals surface area contributed by atoms with E-state index in [1.54, 1.807) is 6.07 Å². The van der Waals surface area contributed by atoms with Gasteiger partial charge < -0.3 is 15.3 Å². The number of hydrogen-bond acceptors (Lipinski definition) is 2. The Morgan fingerprint density at radius 3 is 2.17 bits per heavy atom. The fourth-order valence-corrected chi connectivity index (χ4v) is 1.80. The molecule has 0 radical (unpaired) electrons. The van der Waals surface area contributed by atoms with E-state index in [4.69, 9.17) is 15.0 Å². The molecule has 0 amide bonds. The summed E-state index contributed by atoms with van der Waals surface area (Å²) in [6, 6.07) is 7.64.